The molecule has 1 aromatic rings. The van der Waals surface area contributed by atoms with Crippen molar-refractivity contribution in [3.63, 3.8) is 0 Å². The SMILES string of the molecule is O=S(c1ncccn1)C1CCNCC1. The lowest BCUT2D eigenvalue weighted by molar-refractivity contribution is 0.517. The molecule has 2 rings (SSSR count). The summed E-state index contributed by atoms with van der Waals surface area (Å²) in [5, 5.41) is 3.94. The van der Waals surface area contributed by atoms with Crippen LogP contribution in [0.5, 0.6) is 0 Å². The van der Waals surface area contributed by atoms with Crippen LogP contribution in [0.4, 0.5) is 0 Å². The lowest BCUT2D eigenvalue weighted by Gasteiger charge is -2.20. The van der Waals surface area contributed by atoms with Gasteiger partial charge in [0.05, 0.1) is 10.8 Å². The zero-order valence-corrected chi connectivity index (χ0v) is 8.67. The van der Waals surface area contributed by atoms with E-state index in [1.54, 1.807) is 18.5 Å². The van der Waals surface area contributed by atoms with Crippen LogP contribution in [0.15, 0.2) is 23.6 Å². The van der Waals surface area contributed by atoms with Gasteiger partial charge in [0.1, 0.15) is 0 Å². The fraction of sp³-hybridized carbons (Fsp3) is 0.556. The highest BCUT2D eigenvalue weighted by molar-refractivity contribution is 7.85. The Labute approximate surface area is 85.6 Å². The van der Waals surface area contributed by atoms with Crippen LogP contribution in [-0.4, -0.2) is 32.5 Å². The molecule has 0 amide bonds. The molecule has 14 heavy (non-hydrogen) atoms. The predicted octanol–water partition coefficient (Wildman–Crippen LogP) is 0.336. The largest absolute Gasteiger partial charge is 0.317 e. The molecule has 1 atom stereocenters. The molecule has 1 fully saturated rings. The molecule has 1 aliphatic heterocycles. The highest BCUT2D eigenvalue weighted by Crippen LogP contribution is 2.14. The van der Waals surface area contributed by atoms with Crippen molar-refractivity contribution in [3.8, 4) is 0 Å². The first-order valence-corrected chi connectivity index (χ1v) is 5.97. The van der Waals surface area contributed by atoms with Gasteiger partial charge < -0.3 is 5.32 Å². The van der Waals surface area contributed by atoms with Crippen LogP contribution in [0.25, 0.3) is 0 Å². The van der Waals surface area contributed by atoms with Crippen molar-refractivity contribution in [2.75, 3.05) is 13.1 Å². The molecular weight excluding hydrogens is 198 g/mol. The predicted molar refractivity (Wildman–Crippen MR) is 54.3 cm³/mol. The van der Waals surface area contributed by atoms with Crippen molar-refractivity contribution < 1.29 is 4.21 Å². The van der Waals surface area contributed by atoms with Gasteiger partial charge in [0, 0.05) is 17.6 Å². The lowest BCUT2D eigenvalue weighted by atomic mass is 10.2. The lowest BCUT2D eigenvalue weighted by Crippen LogP contribution is -2.33. The fourth-order valence-corrected chi connectivity index (χ4v) is 2.84. The summed E-state index contributed by atoms with van der Waals surface area (Å²) in [5.74, 6) is 0. The average Bonchev–Trinajstić information content (AvgIpc) is 2.30. The molecular formula is C9H13N3OS. The molecule has 1 aromatic heterocycles. The third-order valence-corrected chi connectivity index (χ3v) is 3.96. The molecule has 5 heteroatoms. The van der Waals surface area contributed by atoms with Gasteiger partial charge in [-0.25, -0.2) is 9.97 Å². The summed E-state index contributed by atoms with van der Waals surface area (Å²) in [6.07, 6.45) is 5.18. The van der Waals surface area contributed by atoms with E-state index in [9.17, 15) is 4.21 Å². The summed E-state index contributed by atoms with van der Waals surface area (Å²) < 4.78 is 12.0. The first-order chi connectivity index (χ1) is 6.88. The number of hydrogen-bond acceptors (Lipinski definition) is 4. The van der Waals surface area contributed by atoms with Gasteiger partial charge in [-0.3, -0.25) is 4.21 Å². The Hall–Kier alpha value is -0.810. The Morgan fingerprint density at radius 3 is 2.57 bits per heavy atom. The second-order valence-corrected chi connectivity index (χ2v) is 4.90. The molecule has 0 bridgehead atoms. The smallest absolute Gasteiger partial charge is 0.218 e. The monoisotopic (exact) mass is 211 g/mol. The van der Waals surface area contributed by atoms with Gasteiger partial charge in [-0.05, 0) is 32.0 Å². The molecule has 76 valence electrons. The number of hydrogen-bond donors (Lipinski definition) is 1. The molecule has 0 aliphatic carbocycles. The van der Waals surface area contributed by atoms with Crippen LogP contribution in [-0.2, 0) is 10.8 Å². The highest BCUT2D eigenvalue weighted by atomic mass is 32.2. The van der Waals surface area contributed by atoms with E-state index in [2.05, 4.69) is 15.3 Å². The Kier molecular flexibility index (Phi) is 3.21. The summed E-state index contributed by atoms with van der Waals surface area (Å²) in [7, 11) is -1.03. The molecule has 1 unspecified atom stereocenters. The molecule has 0 aromatic carbocycles. The van der Waals surface area contributed by atoms with E-state index in [0.717, 1.165) is 25.9 Å². The van der Waals surface area contributed by atoms with Crippen LogP contribution in [0.2, 0.25) is 0 Å². The standard InChI is InChI=1S/C9H13N3OS/c13-14(8-2-6-10-7-3-8)9-11-4-1-5-12-9/h1,4-5,8,10H,2-3,6-7H2. The van der Waals surface area contributed by atoms with E-state index in [4.69, 9.17) is 0 Å². The van der Waals surface area contributed by atoms with E-state index in [-0.39, 0.29) is 5.25 Å². The van der Waals surface area contributed by atoms with Gasteiger partial charge in [-0.1, -0.05) is 0 Å². The van der Waals surface area contributed by atoms with E-state index >= 15 is 0 Å². The van der Waals surface area contributed by atoms with Crippen LogP contribution in [0, 0.1) is 0 Å². The minimum atomic E-state index is -1.03. The maximum Gasteiger partial charge on any atom is 0.218 e. The molecule has 1 saturated heterocycles. The summed E-state index contributed by atoms with van der Waals surface area (Å²) in [6.45, 7) is 1.90. The summed E-state index contributed by atoms with van der Waals surface area (Å²) >= 11 is 0. The Bertz CT molecular complexity index is 311. The third kappa shape index (κ3) is 2.16. The fourth-order valence-electron chi connectivity index (χ4n) is 1.55. The minimum absolute atomic E-state index is 0.221. The Morgan fingerprint density at radius 2 is 1.93 bits per heavy atom. The minimum Gasteiger partial charge on any atom is -0.317 e. The van der Waals surface area contributed by atoms with Gasteiger partial charge in [-0.15, -0.1) is 0 Å². The van der Waals surface area contributed by atoms with Crippen molar-refractivity contribution in [2.24, 2.45) is 0 Å². The molecule has 2 heterocycles. The molecule has 0 radical (unpaired) electrons. The first kappa shape index (κ1) is 9.73. The highest BCUT2D eigenvalue weighted by Gasteiger charge is 2.22. The van der Waals surface area contributed by atoms with E-state index in [1.807, 2.05) is 0 Å². The Morgan fingerprint density at radius 1 is 1.29 bits per heavy atom. The van der Waals surface area contributed by atoms with Gasteiger partial charge in [0.25, 0.3) is 0 Å². The summed E-state index contributed by atoms with van der Waals surface area (Å²) in [4.78, 5) is 8.04. The normalized spacial score (nSPS) is 20.6. The summed E-state index contributed by atoms with van der Waals surface area (Å²) in [6, 6.07) is 1.74. The second-order valence-electron chi connectivity index (χ2n) is 3.28. The maximum absolute atomic E-state index is 12.0. The van der Waals surface area contributed by atoms with Gasteiger partial charge >= 0.3 is 0 Å². The second kappa shape index (κ2) is 4.61. The average molecular weight is 211 g/mol. The Balaban J connectivity index is 2.07. The van der Waals surface area contributed by atoms with Gasteiger partial charge in [0.2, 0.25) is 5.16 Å². The molecule has 1 aliphatic rings. The molecule has 4 nitrogen and oxygen atoms in total. The van der Waals surface area contributed by atoms with Crippen molar-refractivity contribution in [1.29, 1.82) is 0 Å². The number of nitrogens with one attached hydrogen (secondary N) is 1. The van der Waals surface area contributed by atoms with Crippen LogP contribution in [0.3, 0.4) is 0 Å². The molecule has 0 saturated carbocycles. The topological polar surface area (TPSA) is 54.9 Å². The molecule has 0 spiro atoms. The number of aromatic nitrogens is 2. The maximum atomic E-state index is 12.0. The third-order valence-electron chi connectivity index (χ3n) is 2.31. The van der Waals surface area contributed by atoms with Crippen molar-refractivity contribution in [2.45, 2.75) is 23.2 Å². The van der Waals surface area contributed by atoms with Crippen LogP contribution in [0.1, 0.15) is 12.8 Å². The van der Waals surface area contributed by atoms with Crippen molar-refractivity contribution >= 4 is 10.8 Å². The zero-order valence-electron chi connectivity index (χ0n) is 7.85. The van der Waals surface area contributed by atoms with Crippen molar-refractivity contribution in [3.05, 3.63) is 18.5 Å². The number of rotatable bonds is 2. The quantitative estimate of drug-likeness (QED) is 0.717. The summed E-state index contributed by atoms with van der Waals surface area (Å²) in [5.41, 5.74) is 0. The number of nitrogens with zero attached hydrogens (tertiary/aromatic N) is 2. The van der Waals surface area contributed by atoms with Gasteiger partial charge in [0.15, 0.2) is 0 Å². The van der Waals surface area contributed by atoms with E-state index in [0.29, 0.717) is 5.16 Å². The van der Waals surface area contributed by atoms with Crippen molar-refractivity contribution in [1.82, 2.24) is 15.3 Å². The number of piperidine rings is 1. The van der Waals surface area contributed by atoms with Gasteiger partial charge in [-0.2, -0.15) is 0 Å². The van der Waals surface area contributed by atoms with Crippen LogP contribution >= 0.6 is 0 Å². The van der Waals surface area contributed by atoms with Crippen LogP contribution < -0.4 is 5.32 Å². The van der Waals surface area contributed by atoms with E-state index < -0.39 is 10.8 Å². The van der Waals surface area contributed by atoms with E-state index in [1.165, 1.54) is 0 Å². The zero-order chi connectivity index (χ0) is 9.80. The first-order valence-electron chi connectivity index (χ1n) is 4.76. The molecule has 1 N–H and O–H groups in total.